The van der Waals surface area contributed by atoms with Crippen LogP contribution in [0.5, 0.6) is 0 Å². The first-order chi connectivity index (χ1) is 8.43. The second kappa shape index (κ2) is 5.79. The third-order valence-corrected chi connectivity index (χ3v) is 4.05. The fraction of sp³-hybridized carbons (Fsp3) is 0.412. The standard InChI is InChI=1S/C15H18S.C2H6/c1-10-9-13-12(11(2)14(10)16)7-5-6-8-15(13,3)4;1-2/h5-9,16H,1-4H3;1-2H3. The molecule has 0 radical (unpaired) electrons. The summed E-state index contributed by atoms with van der Waals surface area (Å²) in [6.45, 7) is 12.8. The van der Waals surface area contributed by atoms with Gasteiger partial charge in [-0.3, -0.25) is 0 Å². The van der Waals surface area contributed by atoms with Crippen LogP contribution in [-0.4, -0.2) is 0 Å². The third-order valence-electron chi connectivity index (χ3n) is 3.36. The second-order valence-electron chi connectivity index (χ2n) is 5.07. The number of hydrogen-bond donors (Lipinski definition) is 1. The molecule has 98 valence electrons. The van der Waals surface area contributed by atoms with Crippen molar-refractivity contribution in [1.29, 1.82) is 0 Å². The van der Waals surface area contributed by atoms with Crippen LogP contribution in [0, 0.1) is 13.8 Å². The Morgan fingerprint density at radius 1 is 1.06 bits per heavy atom. The molecule has 18 heavy (non-hydrogen) atoms. The number of benzene rings is 1. The first-order valence-corrected chi connectivity index (χ1v) is 7.08. The zero-order chi connectivity index (χ0) is 13.9. The highest BCUT2D eigenvalue weighted by atomic mass is 32.1. The Labute approximate surface area is 117 Å². The minimum Gasteiger partial charge on any atom is -0.143 e. The van der Waals surface area contributed by atoms with Crippen LogP contribution < -0.4 is 0 Å². The predicted molar refractivity (Wildman–Crippen MR) is 85.7 cm³/mol. The summed E-state index contributed by atoms with van der Waals surface area (Å²) in [5, 5.41) is 0. The van der Waals surface area contributed by atoms with Crippen molar-refractivity contribution in [2.45, 2.75) is 51.9 Å². The van der Waals surface area contributed by atoms with Crippen LogP contribution in [0.4, 0.5) is 0 Å². The summed E-state index contributed by atoms with van der Waals surface area (Å²) in [6.07, 6.45) is 8.69. The minimum atomic E-state index is 0.0931. The molecule has 0 amide bonds. The van der Waals surface area contributed by atoms with E-state index in [1.807, 2.05) is 13.8 Å². The van der Waals surface area contributed by atoms with E-state index in [4.69, 9.17) is 0 Å². The van der Waals surface area contributed by atoms with E-state index in [-0.39, 0.29) is 5.41 Å². The number of rotatable bonds is 0. The summed E-state index contributed by atoms with van der Waals surface area (Å²) in [4.78, 5) is 1.11. The van der Waals surface area contributed by atoms with Gasteiger partial charge < -0.3 is 0 Å². The van der Waals surface area contributed by atoms with Crippen molar-refractivity contribution in [2.24, 2.45) is 0 Å². The molecule has 0 aliphatic heterocycles. The molecule has 0 saturated carbocycles. The number of thiol groups is 1. The van der Waals surface area contributed by atoms with Crippen LogP contribution in [0.2, 0.25) is 0 Å². The molecule has 1 aliphatic carbocycles. The van der Waals surface area contributed by atoms with Crippen molar-refractivity contribution >= 4 is 18.7 Å². The van der Waals surface area contributed by atoms with Gasteiger partial charge in [-0.2, -0.15) is 0 Å². The summed E-state index contributed by atoms with van der Waals surface area (Å²) < 4.78 is 0. The average Bonchev–Trinajstić information content (AvgIpc) is 2.49. The van der Waals surface area contributed by atoms with Gasteiger partial charge in [0.15, 0.2) is 0 Å². The Kier molecular flexibility index (Phi) is 4.86. The first kappa shape index (κ1) is 15.1. The normalized spacial score (nSPS) is 15.5. The van der Waals surface area contributed by atoms with Crippen LogP contribution in [0.1, 0.15) is 49.9 Å². The number of allylic oxidation sites excluding steroid dienone is 3. The molecular formula is C17H24S. The average molecular weight is 260 g/mol. The van der Waals surface area contributed by atoms with Gasteiger partial charge in [-0.05, 0) is 36.1 Å². The molecule has 0 bridgehead atoms. The fourth-order valence-corrected chi connectivity index (χ4v) is 2.46. The maximum Gasteiger partial charge on any atom is 0.0105 e. The summed E-state index contributed by atoms with van der Waals surface area (Å²) >= 11 is 4.58. The number of aryl methyl sites for hydroxylation is 1. The number of fused-ring (bicyclic) bond motifs is 1. The lowest BCUT2D eigenvalue weighted by Crippen LogP contribution is -2.15. The molecule has 1 aromatic carbocycles. The molecule has 0 saturated heterocycles. The minimum absolute atomic E-state index is 0.0931. The lowest BCUT2D eigenvalue weighted by Gasteiger charge is -2.25. The van der Waals surface area contributed by atoms with Crippen molar-refractivity contribution < 1.29 is 0 Å². The van der Waals surface area contributed by atoms with E-state index in [0.29, 0.717) is 0 Å². The Balaban J connectivity index is 0.000000771. The van der Waals surface area contributed by atoms with E-state index in [0.717, 1.165) is 4.90 Å². The highest BCUT2D eigenvalue weighted by Crippen LogP contribution is 2.36. The van der Waals surface area contributed by atoms with Crippen LogP contribution >= 0.6 is 12.6 Å². The molecule has 0 fully saturated rings. The molecule has 0 aromatic heterocycles. The molecule has 1 heteroatoms. The summed E-state index contributed by atoms with van der Waals surface area (Å²) in [6, 6.07) is 2.27. The van der Waals surface area contributed by atoms with Gasteiger partial charge >= 0.3 is 0 Å². The van der Waals surface area contributed by atoms with Crippen LogP contribution in [0.15, 0.2) is 29.2 Å². The van der Waals surface area contributed by atoms with Crippen molar-refractivity contribution in [3.05, 3.63) is 46.5 Å². The van der Waals surface area contributed by atoms with E-state index >= 15 is 0 Å². The van der Waals surface area contributed by atoms with Gasteiger partial charge in [0.1, 0.15) is 0 Å². The van der Waals surface area contributed by atoms with Crippen LogP contribution in [-0.2, 0) is 5.41 Å². The Bertz CT molecular complexity index is 491. The molecule has 0 nitrogen and oxygen atoms in total. The van der Waals surface area contributed by atoms with E-state index in [2.05, 4.69) is 70.7 Å². The molecule has 0 unspecified atom stereocenters. The summed E-state index contributed by atoms with van der Waals surface area (Å²) in [5.74, 6) is 0. The zero-order valence-corrected chi connectivity index (χ0v) is 13.2. The maximum atomic E-state index is 4.58. The molecule has 1 aromatic rings. The van der Waals surface area contributed by atoms with Gasteiger partial charge in [0.2, 0.25) is 0 Å². The fourth-order valence-electron chi connectivity index (χ4n) is 2.27. The lowest BCUT2D eigenvalue weighted by atomic mass is 9.80. The van der Waals surface area contributed by atoms with E-state index in [9.17, 15) is 0 Å². The lowest BCUT2D eigenvalue weighted by molar-refractivity contribution is 0.666. The van der Waals surface area contributed by atoms with Crippen molar-refractivity contribution in [2.75, 3.05) is 0 Å². The largest absolute Gasteiger partial charge is 0.143 e. The molecule has 2 rings (SSSR count). The highest BCUT2D eigenvalue weighted by molar-refractivity contribution is 7.80. The molecule has 1 aliphatic rings. The summed E-state index contributed by atoms with van der Waals surface area (Å²) in [5.41, 5.74) is 5.36. The number of hydrogen-bond acceptors (Lipinski definition) is 1. The zero-order valence-electron chi connectivity index (χ0n) is 12.3. The first-order valence-electron chi connectivity index (χ1n) is 6.63. The highest BCUT2D eigenvalue weighted by Gasteiger charge is 2.23. The smallest absolute Gasteiger partial charge is 0.0105 e. The second-order valence-corrected chi connectivity index (χ2v) is 5.52. The molecule has 0 spiro atoms. The van der Waals surface area contributed by atoms with Gasteiger partial charge in [-0.15, -0.1) is 12.6 Å². The van der Waals surface area contributed by atoms with Gasteiger partial charge in [-0.25, -0.2) is 0 Å². The van der Waals surface area contributed by atoms with Crippen molar-refractivity contribution in [1.82, 2.24) is 0 Å². The predicted octanol–water partition coefficient (Wildman–Crippen LogP) is 5.48. The van der Waals surface area contributed by atoms with E-state index in [1.165, 1.54) is 22.3 Å². The monoisotopic (exact) mass is 260 g/mol. The van der Waals surface area contributed by atoms with Gasteiger partial charge in [0.25, 0.3) is 0 Å². The van der Waals surface area contributed by atoms with Gasteiger partial charge in [0, 0.05) is 10.3 Å². The topological polar surface area (TPSA) is 0 Å². The Morgan fingerprint density at radius 2 is 1.67 bits per heavy atom. The van der Waals surface area contributed by atoms with Crippen LogP contribution in [0.25, 0.3) is 6.08 Å². The van der Waals surface area contributed by atoms with Gasteiger partial charge in [0.05, 0.1) is 0 Å². The third kappa shape index (κ3) is 2.72. The SMILES string of the molecule is CC.Cc1cc2c(c(C)c1S)C=CC=CC2(C)C. The summed E-state index contributed by atoms with van der Waals surface area (Å²) in [7, 11) is 0. The van der Waals surface area contributed by atoms with Crippen LogP contribution in [0.3, 0.4) is 0 Å². The molecule has 0 N–H and O–H groups in total. The maximum absolute atomic E-state index is 4.58. The van der Waals surface area contributed by atoms with E-state index < -0.39 is 0 Å². The molecule has 0 heterocycles. The van der Waals surface area contributed by atoms with Crippen molar-refractivity contribution in [3.8, 4) is 0 Å². The molecule has 0 atom stereocenters. The quantitative estimate of drug-likeness (QED) is 0.587. The molecular weight excluding hydrogens is 236 g/mol. The Morgan fingerprint density at radius 3 is 2.28 bits per heavy atom. The Hall–Kier alpha value is -0.950. The van der Waals surface area contributed by atoms with Gasteiger partial charge in [-0.1, -0.05) is 58.1 Å². The van der Waals surface area contributed by atoms with Crippen molar-refractivity contribution in [3.63, 3.8) is 0 Å². The van der Waals surface area contributed by atoms with E-state index in [1.54, 1.807) is 0 Å².